The van der Waals surface area contributed by atoms with Crippen molar-refractivity contribution in [2.24, 2.45) is 0 Å². The Morgan fingerprint density at radius 1 is 0.944 bits per heavy atom. The molecule has 1 atom stereocenters. The van der Waals surface area contributed by atoms with Gasteiger partial charge in [-0.3, -0.25) is 0 Å². The minimum Gasteiger partial charge on any atom is -0.368 e. The quantitative estimate of drug-likeness (QED) is 0.672. The van der Waals surface area contributed by atoms with Crippen LogP contribution in [-0.4, -0.2) is 4.98 Å². The molecule has 88 valence electrons. The molecule has 0 amide bonds. The predicted octanol–water partition coefficient (Wildman–Crippen LogP) is 4.38. The molecule has 0 aliphatic carbocycles. The molecule has 3 aromatic rings. The average molecular weight is 252 g/mol. The summed E-state index contributed by atoms with van der Waals surface area (Å²) in [7, 11) is 0. The topological polar surface area (TPSA) is 27.8 Å². The maximum Gasteiger partial charge on any atom is 0.105 e. The second kappa shape index (κ2) is 3.82. The standard InChI is InChI=1S/C15H12N2S/c1-2-6-12-10(5-1)11(9-16-12)15-17-13-7-3-4-8-14(13)18-15/h1-9,15-17H. The van der Waals surface area contributed by atoms with Crippen LogP contribution in [0.5, 0.6) is 0 Å². The summed E-state index contributed by atoms with van der Waals surface area (Å²) in [5.41, 5.74) is 3.76. The largest absolute Gasteiger partial charge is 0.368 e. The number of H-pyrrole nitrogens is 1. The van der Waals surface area contributed by atoms with E-state index < -0.39 is 0 Å². The van der Waals surface area contributed by atoms with E-state index in [1.807, 2.05) is 11.8 Å². The van der Waals surface area contributed by atoms with Gasteiger partial charge in [0.05, 0.1) is 0 Å². The van der Waals surface area contributed by atoms with Crippen LogP contribution in [0, 0.1) is 0 Å². The van der Waals surface area contributed by atoms with Crippen LogP contribution in [0.3, 0.4) is 0 Å². The van der Waals surface area contributed by atoms with Gasteiger partial charge in [0.15, 0.2) is 0 Å². The first-order valence-electron chi connectivity index (χ1n) is 6.00. The van der Waals surface area contributed by atoms with E-state index in [4.69, 9.17) is 0 Å². The highest BCUT2D eigenvalue weighted by molar-refractivity contribution is 8.00. The van der Waals surface area contributed by atoms with Crippen LogP contribution in [-0.2, 0) is 0 Å². The monoisotopic (exact) mass is 252 g/mol. The minimum absolute atomic E-state index is 0.304. The van der Waals surface area contributed by atoms with Crippen molar-refractivity contribution in [2.75, 3.05) is 5.32 Å². The van der Waals surface area contributed by atoms with Crippen molar-refractivity contribution in [2.45, 2.75) is 10.3 Å². The Balaban J connectivity index is 1.78. The molecule has 18 heavy (non-hydrogen) atoms. The zero-order chi connectivity index (χ0) is 11.9. The molecule has 2 N–H and O–H groups in total. The van der Waals surface area contributed by atoms with Crippen LogP contribution < -0.4 is 5.32 Å². The normalized spacial score (nSPS) is 17.7. The lowest BCUT2D eigenvalue weighted by atomic mass is 10.1. The summed E-state index contributed by atoms with van der Waals surface area (Å²) >= 11 is 1.88. The van der Waals surface area contributed by atoms with Crippen molar-refractivity contribution >= 4 is 28.4 Å². The molecule has 4 rings (SSSR count). The summed E-state index contributed by atoms with van der Waals surface area (Å²) < 4.78 is 0. The molecule has 2 aromatic carbocycles. The third-order valence-electron chi connectivity index (χ3n) is 3.32. The van der Waals surface area contributed by atoms with Crippen molar-refractivity contribution in [3.05, 3.63) is 60.3 Å². The highest BCUT2D eigenvalue weighted by atomic mass is 32.2. The Morgan fingerprint density at radius 2 is 1.78 bits per heavy atom. The van der Waals surface area contributed by atoms with E-state index in [1.54, 1.807) is 0 Å². The Morgan fingerprint density at radius 3 is 2.72 bits per heavy atom. The van der Waals surface area contributed by atoms with Gasteiger partial charge in [-0.2, -0.15) is 0 Å². The maximum absolute atomic E-state index is 3.57. The van der Waals surface area contributed by atoms with E-state index in [0.29, 0.717) is 5.37 Å². The number of para-hydroxylation sites is 2. The summed E-state index contributed by atoms with van der Waals surface area (Å²) in [5.74, 6) is 0. The van der Waals surface area contributed by atoms with Crippen molar-refractivity contribution < 1.29 is 0 Å². The van der Waals surface area contributed by atoms with Crippen LogP contribution in [0.4, 0.5) is 5.69 Å². The summed E-state index contributed by atoms with van der Waals surface area (Å²) in [5, 5.41) is 5.18. The van der Waals surface area contributed by atoms with Crippen molar-refractivity contribution in [1.82, 2.24) is 4.98 Å². The van der Waals surface area contributed by atoms with Crippen LogP contribution in [0.25, 0.3) is 10.9 Å². The van der Waals surface area contributed by atoms with E-state index in [0.717, 1.165) is 0 Å². The van der Waals surface area contributed by atoms with Gasteiger partial charge in [0.1, 0.15) is 5.37 Å². The molecule has 0 spiro atoms. The van der Waals surface area contributed by atoms with Crippen LogP contribution >= 0.6 is 11.8 Å². The Labute approximate surface area is 109 Å². The van der Waals surface area contributed by atoms with Gasteiger partial charge in [-0.1, -0.05) is 42.1 Å². The third-order valence-corrected chi connectivity index (χ3v) is 4.54. The van der Waals surface area contributed by atoms with Crippen LogP contribution in [0.1, 0.15) is 10.9 Å². The molecule has 1 aliphatic rings. The van der Waals surface area contributed by atoms with Gasteiger partial charge >= 0.3 is 0 Å². The first-order valence-corrected chi connectivity index (χ1v) is 6.88. The lowest BCUT2D eigenvalue weighted by Crippen LogP contribution is -1.99. The number of anilines is 1. The first kappa shape index (κ1) is 10.1. The smallest absolute Gasteiger partial charge is 0.105 e. The fourth-order valence-electron chi connectivity index (χ4n) is 2.44. The molecule has 0 bridgehead atoms. The lowest BCUT2D eigenvalue weighted by molar-refractivity contribution is 1.15. The fourth-order valence-corrected chi connectivity index (χ4v) is 3.61. The summed E-state index contributed by atoms with van der Waals surface area (Å²) in [4.78, 5) is 4.67. The van der Waals surface area contributed by atoms with Gasteiger partial charge < -0.3 is 10.3 Å². The highest BCUT2D eigenvalue weighted by Crippen LogP contribution is 2.47. The number of fused-ring (bicyclic) bond motifs is 2. The number of aromatic amines is 1. The van der Waals surface area contributed by atoms with Gasteiger partial charge in [-0.15, -0.1) is 0 Å². The average Bonchev–Trinajstić information content (AvgIpc) is 3.02. The number of rotatable bonds is 1. The van der Waals surface area contributed by atoms with E-state index in [9.17, 15) is 0 Å². The predicted molar refractivity (Wildman–Crippen MR) is 77.0 cm³/mol. The Kier molecular flexibility index (Phi) is 2.14. The summed E-state index contributed by atoms with van der Waals surface area (Å²) in [6.45, 7) is 0. The molecular weight excluding hydrogens is 240 g/mol. The lowest BCUT2D eigenvalue weighted by Gasteiger charge is -2.09. The molecule has 0 radical (unpaired) electrons. The van der Waals surface area contributed by atoms with Gasteiger partial charge in [0.25, 0.3) is 0 Å². The number of aromatic nitrogens is 1. The zero-order valence-corrected chi connectivity index (χ0v) is 10.5. The number of thioether (sulfide) groups is 1. The molecule has 1 aliphatic heterocycles. The second-order valence-electron chi connectivity index (χ2n) is 4.43. The molecule has 2 heterocycles. The SMILES string of the molecule is c1ccc2c(c1)NC(c1c[nH]c3ccccc13)S2. The number of hydrogen-bond donors (Lipinski definition) is 2. The van der Waals surface area contributed by atoms with Crippen molar-refractivity contribution in [1.29, 1.82) is 0 Å². The van der Waals surface area contributed by atoms with E-state index >= 15 is 0 Å². The Hall–Kier alpha value is -1.87. The maximum atomic E-state index is 3.57. The third kappa shape index (κ3) is 1.44. The molecule has 1 aromatic heterocycles. The molecular formula is C15H12N2S. The van der Waals surface area contributed by atoms with Gasteiger partial charge in [-0.05, 0) is 18.2 Å². The molecule has 1 unspecified atom stereocenters. The molecule has 0 saturated heterocycles. The van der Waals surface area contributed by atoms with Gasteiger partial charge in [0.2, 0.25) is 0 Å². The van der Waals surface area contributed by atoms with E-state index in [1.165, 1.54) is 27.0 Å². The van der Waals surface area contributed by atoms with Crippen LogP contribution in [0.15, 0.2) is 59.6 Å². The minimum atomic E-state index is 0.304. The first-order chi connectivity index (χ1) is 8.92. The van der Waals surface area contributed by atoms with Crippen molar-refractivity contribution in [3.63, 3.8) is 0 Å². The Bertz CT molecular complexity index is 692. The van der Waals surface area contributed by atoms with Gasteiger partial charge in [0, 0.05) is 33.2 Å². The molecule has 3 heteroatoms. The fraction of sp³-hybridized carbons (Fsp3) is 0.0667. The summed E-state index contributed by atoms with van der Waals surface area (Å²) in [6.07, 6.45) is 2.11. The number of nitrogens with one attached hydrogen (secondary N) is 2. The van der Waals surface area contributed by atoms with Gasteiger partial charge in [-0.25, -0.2) is 0 Å². The zero-order valence-electron chi connectivity index (χ0n) is 9.68. The molecule has 2 nitrogen and oxygen atoms in total. The van der Waals surface area contributed by atoms with Crippen LogP contribution in [0.2, 0.25) is 0 Å². The number of hydrogen-bond acceptors (Lipinski definition) is 2. The number of benzene rings is 2. The second-order valence-corrected chi connectivity index (χ2v) is 5.57. The molecule has 0 fully saturated rings. The van der Waals surface area contributed by atoms with Crippen molar-refractivity contribution in [3.8, 4) is 0 Å². The van der Waals surface area contributed by atoms with E-state index in [2.05, 4.69) is 65.0 Å². The van der Waals surface area contributed by atoms with E-state index in [-0.39, 0.29) is 0 Å². The highest BCUT2D eigenvalue weighted by Gasteiger charge is 2.24. The summed E-state index contributed by atoms with van der Waals surface area (Å²) in [6, 6.07) is 16.9. The molecule has 0 saturated carbocycles.